The first-order valence-corrected chi connectivity index (χ1v) is 6.23. The number of nitro groups is 1. The fourth-order valence-electron chi connectivity index (χ4n) is 1.76. The van der Waals surface area contributed by atoms with E-state index in [1.165, 1.54) is 24.4 Å². The number of hydrogen-bond acceptors (Lipinski definition) is 5. The minimum Gasteiger partial charge on any atom is -0.477 e. The Morgan fingerprint density at radius 3 is 2.48 bits per heavy atom. The lowest BCUT2D eigenvalue weighted by Gasteiger charge is -2.06. The van der Waals surface area contributed by atoms with Crippen LogP contribution in [0.3, 0.4) is 0 Å². The molecule has 0 aliphatic heterocycles. The fraction of sp³-hybridized carbons (Fsp3) is 0.143. The Kier molecular flexibility index (Phi) is 4.45. The van der Waals surface area contributed by atoms with Crippen LogP contribution in [0.4, 0.5) is 11.4 Å². The van der Waals surface area contributed by atoms with Crippen LogP contribution in [-0.4, -0.2) is 27.5 Å². The van der Waals surface area contributed by atoms with E-state index in [1.807, 2.05) is 0 Å². The molecule has 1 heterocycles. The molecule has 108 valence electrons. The largest absolute Gasteiger partial charge is 0.477 e. The van der Waals surface area contributed by atoms with Gasteiger partial charge in [-0.3, -0.25) is 10.1 Å². The molecule has 0 bridgehead atoms. The van der Waals surface area contributed by atoms with Gasteiger partial charge in [-0.05, 0) is 24.1 Å². The molecule has 0 atom stereocenters. The van der Waals surface area contributed by atoms with Gasteiger partial charge in [0.1, 0.15) is 5.69 Å². The van der Waals surface area contributed by atoms with E-state index in [-0.39, 0.29) is 11.4 Å². The second kappa shape index (κ2) is 6.47. The van der Waals surface area contributed by atoms with Crippen molar-refractivity contribution in [2.45, 2.75) is 6.42 Å². The molecule has 2 N–H and O–H groups in total. The van der Waals surface area contributed by atoms with Gasteiger partial charge in [0.2, 0.25) is 0 Å². The maximum atomic E-state index is 10.7. The molecule has 21 heavy (non-hydrogen) atoms. The Balaban J connectivity index is 1.86. The summed E-state index contributed by atoms with van der Waals surface area (Å²) < 4.78 is 0. The summed E-state index contributed by atoms with van der Waals surface area (Å²) in [4.78, 5) is 24.6. The second-order valence-electron chi connectivity index (χ2n) is 4.34. The highest BCUT2D eigenvalue weighted by molar-refractivity contribution is 5.85. The number of aromatic carboxylic acids is 1. The van der Waals surface area contributed by atoms with Gasteiger partial charge in [0.05, 0.1) is 16.8 Å². The van der Waals surface area contributed by atoms with Crippen molar-refractivity contribution in [3.63, 3.8) is 0 Å². The molecule has 1 aromatic carbocycles. The molecule has 0 aliphatic rings. The van der Waals surface area contributed by atoms with E-state index in [1.54, 1.807) is 18.2 Å². The van der Waals surface area contributed by atoms with Gasteiger partial charge in [-0.15, -0.1) is 0 Å². The number of aromatic nitrogens is 1. The van der Waals surface area contributed by atoms with E-state index in [2.05, 4.69) is 10.3 Å². The molecule has 0 saturated carbocycles. The van der Waals surface area contributed by atoms with E-state index in [0.717, 1.165) is 11.3 Å². The zero-order valence-electron chi connectivity index (χ0n) is 11.0. The summed E-state index contributed by atoms with van der Waals surface area (Å²) in [6, 6.07) is 9.44. The number of carboxylic acid groups (broad SMARTS) is 1. The maximum Gasteiger partial charge on any atom is 0.354 e. The smallest absolute Gasteiger partial charge is 0.354 e. The SMILES string of the molecule is O=C(O)c1ccc(NCCc2ccc([N+](=O)[O-])cc2)cn1. The van der Waals surface area contributed by atoms with Gasteiger partial charge in [0, 0.05) is 18.7 Å². The van der Waals surface area contributed by atoms with Gasteiger partial charge in [-0.25, -0.2) is 9.78 Å². The Bertz CT molecular complexity index is 581. The summed E-state index contributed by atoms with van der Waals surface area (Å²) in [5, 5.41) is 22.4. The molecule has 0 unspecified atom stereocenters. The second-order valence-corrected chi connectivity index (χ2v) is 4.34. The lowest BCUT2D eigenvalue weighted by molar-refractivity contribution is -0.384. The number of nitro benzene ring substituents is 1. The lowest BCUT2D eigenvalue weighted by atomic mass is 10.1. The van der Waals surface area contributed by atoms with Crippen molar-refractivity contribution in [1.82, 2.24) is 4.98 Å². The van der Waals surface area contributed by atoms with Crippen molar-refractivity contribution in [1.29, 1.82) is 0 Å². The van der Waals surface area contributed by atoms with Crippen LogP contribution in [-0.2, 0) is 6.42 Å². The van der Waals surface area contributed by atoms with Crippen LogP contribution < -0.4 is 5.32 Å². The molecule has 0 radical (unpaired) electrons. The van der Waals surface area contributed by atoms with Crippen molar-refractivity contribution in [3.05, 3.63) is 64.0 Å². The normalized spacial score (nSPS) is 10.1. The van der Waals surface area contributed by atoms with Crippen LogP contribution in [0.2, 0.25) is 0 Å². The topological polar surface area (TPSA) is 105 Å². The monoisotopic (exact) mass is 287 g/mol. The number of benzene rings is 1. The Labute approximate surface area is 120 Å². The zero-order valence-corrected chi connectivity index (χ0v) is 11.0. The van der Waals surface area contributed by atoms with Gasteiger partial charge < -0.3 is 10.4 Å². The summed E-state index contributed by atoms with van der Waals surface area (Å²) in [6.45, 7) is 0.617. The van der Waals surface area contributed by atoms with Gasteiger partial charge in [0.15, 0.2) is 0 Å². The minimum absolute atomic E-state index is 0.00378. The standard InChI is InChI=1S/C14H13N3O4/c18-14(19)13-6-3-11(9-16-13)15-8-7-10-1-4-12(5-2-10)17(20)21/h1-6,9,15H,7-8H2,(H,18,19). The van der Waals surface area contributed by atoms with E-state index >= 15 is 0 Å². The average molecular weight is 287 g/mol. The number of pyridine rings is 1. The van der Waals surface area contributed by atoms with Crippen molar-refractivity contribution >= 4 is 17.3 Å². The first kappa shape index (κ1) is 14.4. The maximum absolute atomic E-state index is 10.7. The zero-order chi connectivity index (χ0) is 15.2. The Morgan fingerprint density at radius 2 is 1.95 bits per heavy atom. The molecule has 0 fully saturated rings. The highest BCUT2D eigenvalue weighted by Gasteiger charge is 2.05. The average Bonchev–Trinajstić information content (AvgIpc) is 2.48. The number of rotatable bonds is 6. The minimum atomic E-state index is -1.06. The molecule has 0 spiro atoms. The molecule has 7 heteroatoms. The molecule has 0 saturated heterocycles. The number of nitrogens with zero attached hydrogens (tertiary/aromatic N) is 2. The van der Waals surface area contributed by atoms with Crippen molar-refractivity contribution < 1.29 is 14.8 Å². The van der Waals surface area contributed by atoms with Crippen LogP contribution >= 0.6 is 0 Å². The fourth-order valence-corrected chi connectivity index (χ4v) is 1.76. The Hall–Kier alpha value is -2.96. The molecule has 0 amide bonds. The number of anilines is 1. The van der Waals surface area contributed by atoms with Gasteiger partial charge in [0.25, 0.3) is 5.69 Å². The van der Waals surface area contributed by atoms with Crippen molar-refractivity contribution in [2.75, 3.05) is 11.9 Å². The third-order valence-corrected chi connectivity index (χ3v) is 2.87. The molecule has 2 rings (SSSR count). The van der Waals surface area contributed by atoms with E-state index in [9.17, 15) is 14.9 Å². The van der Waals surface area contributed by atoms with Crippen molar-refractivity contribution in [2.24, 2.45) is 0 Å². The summed E-state index contributed by atoms with van der Waals surface area (Å²) in [5.41, 5.74) is 1.77. The summed E-state index contributed by atoms with van der Waals surface area (Å²) >= 11 is 0. The number of carboxylic acids is 1. The highest BCUT2D eigenvalue weighted by atomic mass is 16.6. The third-order valence-electron chi connectivity index (χ3n) is 2.87. The van der Waals surface area contributed by atoms with Gasteiger partial charge >= 0.3 is 5.97 Å². The molecule has 0 aliphatic carbocycles. The van der Waals surface area contributed by atoms with Crippen LogP contribution in [0.5, 0.6) is 0 Å². The highest BCUT2D eigenvalue weighted by Crippen LogP contribution is 2.12. The van der Waals surface area contributed by atoms with E-state index in [0.29, 0.717) is 13.0 Å². The lowest BCUT2D eigenvalue weighted by Crippen LogP contribution is -2.06. The summed E-state index contributed by atoms with van der Waals surface area (Å²) in [5.74, 6) is -1.06. The Morgan fingerprint density at radius 1 is 1.24 bits per heavy atom. The third kappa shape index (κ3) is 4.00. The first-order chi connectivity index (χ1) is 10.1. The molecule has 1 aromatic heterocycles. The number of nitrogens with one attached hydrogen (secondary N) is 1. The van der Waals surface area contributed by atoms with Crippen LogP contribution in [0.1, 0.15) is 16.1 Å². The molecular formula is C14H13N3O4. The van der Waals surface area contributed by atoms with E-state index in [4.69, 9.17) is 5.11 Å². The molecule has 2 aromatic rings. The molecular weight excluding hydrogens is 274 g/mol. The summed E-state index contributed by atoms with van der Waals surface area (Å²) in [7, 11) is 0. The van der Waals surface area contributed by atoms with Crippen LogP contribution in [0, 0.1) is 10.1 Å². The van der Waals surface area contributed by atoms with Gasteiger partial charge in [-0.2, -0.15) is 0 Å². The van der Waals surface area contributed by atoms with Crippen molar-refractivity contribution in [3.8, 4) is 0 Å². The predicted octanol–water partition coefficient (Wildman–Crippen LogP) is 2.34. The van der Waals surface area contributed by atoms with Gasteiger partial charge in [-0.1, -0.05) is 12.1 Å². The van der Waals surface area contributed by atoms with Crippen LogP contribution in [0.25, 0.3) is 0 Å². The number of carbonyl (C=O) groups is 1. The quantitative estimate of drug-likeness (QED) is 0.624. The molecule has 7 nitrogen and oxygen atoms in total. The number of non-ortho nitro benzene ring substituents is 1. The summed E-state index contributed by atoms with van der Waals surface area (Å²) in [6.07, 6.45) is 2.15. The van der Waals surface area contributed by atoms with E-state index < -0.39 is 10.9 Å². The number of hydrogen-bond donors (Lipinski definition) is 2. The van der Waals surface area contributed by atoms with Crippen LogP contribution in [0.15, 0.2) is 42.6 Å². The first-order valence-electron chi connectivity index (χ1n) is 6.23. The predicted molar refractivity (Wildman–Crippen MR) is 76.5 cm³/mol.